The van der Waals surface area contributed by atoms with Gasteiger partial charge < -0.3 is 15.1 Å². The molecule has 1 fully saturated rings. The van der Waals surface area contributed by atoms with Crippen LogP contribution in [0.2, 0.25) is 5.02 Å². The molecule has 1 aliphatic rings. The summed E-state index contributed by atoms with van der Waals surface area (Å²) in [5.41, 5.74) is 1.05. The van der Waals surface area contributed by atoms with Crippen molar-refractivity contribution in [3.63, 3.8) is 0 Å². The lowest BCUT2D eigenvalue weighted by atomic mass is 10.2. The minimum atomic E-state index is -3.43. The summed E-state index contributed by atoms with van der Waals surface area (Å²) in [6.07, 6.45) is 0. The SMILES string of the molecule is CN=C(NCCNS(=O)(=O)c1cccs1)N1CCN(c2ccccc2Cl)CC1. The highest BCUT2D eigenvalue weighted by molar-refractivity contribution is 7.91. The molecule has 7 nitrogen and oxygen atoms in total. The summed E-state index contributed by atoms with van der Waals surface area (Å²) in [5, 5.41) is 5.74. The van der Waals surface area contributed by atoms with Crippen LogP contribution in [0, 0.1) is 0 Å². The van der Waals surface area contributed by atoms with Crippen LogP contribution in [0.3, 0.4) is 0 Å². The number of thiophene rings is 1. The van der Waals surface area contributed by atoms with Gasteiger partial charge in [-0.25, -0.2) is 13.1 Å². The quantitative estimate of drug-likeness (QED) is 0.407. The fourth-order valence-electron chi connectivity index (χ4n) is 3.05. The molecule has 1 aromatic carbocycles. The molecule has 28 heavy (non-hydrogen) atoms. The summed E-state index contributed by atoms with van der Waals surface area (Å²) < 4.78 is 27.2. The van der Waals surface area contributed by atoms with Gasteiger partial charge in [-0.2, -0.15) is 0 Å². The van der Waals surface area contributed by atoms with E-state index >= 15 is 0 Å². The molecule has 2 heterocycles. The van der Waals surface area contributed by atoms with E-state index in [-0.39, 0.29) is 0 Å². The van der Waals surface area contributed by atoms with E-state index in [1.165, 1.54) is 11.3 Å². The fraction of sp³-hybridized carbons (Fsp3) is 0.389. The Hall–Kier alpha value is -1.81. The van der Waals surface area contributed by atoms with Gasteiger partial charge in [0.2, 0.25) is 10.0 Å². The van der Waals surface area contributed by atoms with Crippen LogP contribution in [-0.2, 0) is 10.0 Å². The van der Waals surface area contributed by atoms with E-state index in [2.05, 4.69) is 24.8 Å². The molecule has 3 rings (SSSR count). The number of para-hydroxylation sites is 1. The number of aliphatic imine (C=N–C) groups is 1. The van der Waals surface area contributed by atoms with E-state index in [0.717, 1.165) is 42.8 Å². The molecule has 2 N–H and O–H groups in total. The Bertz CT molecular complexity index is 894. The van der Waals surface area contributed by atoms with Crippen LogP contribution < -0.4 is 14.9 Å². The lowest BCUT2D eigenvalue weighted by molar-refractivity contribution is 0.373. The van der Waals surface area contributed by atoms with Crippen LogP contribution in [0.1, 0.15) is 0 Å². The molecule has 152 valence electrons. The first kappa shape index (κ1) is 20.9. The second-order valence-corrected chi connectivity index (χ2v) is 9.58. The van der Waals surface area contributed by atoms with Gasteiger partial charge in [0.05, 0.1) is 10.7 Å². The molecular weight excluding hydrogens is 418 g/mol. The van der Waals surface area contributed by atoms with Crippen LogP contribution in [0.5, 0.6) is 0 Å². The highest BCUT2D eigenvalue weighted by atomic mass is 35.5. The largest absolute Gasteiger partial charge is 0.367 e. The summed E-state index contributed by atoms with van der Waals surface area (Å²) in [6, 6.07) is 11.2. The van der Waals surface area contributed by atoms with E-state index in [1.54, 1.807) is 24.6 Å². The van der Waals surface area contributed by atoms with Crippen molar-refractivity contribution in [3.05, 3.63) is 46.8 Å². The van der Waals surface area contributed by atoms with Gasteiger partial charge in [-0.15, -0.1) is 11.3 Å². The van der Waals surface area contributed by atoms with Crippen molar-refractivity contribution in [3.8, 4) is 0 Å². The van der Waals surface area contributed by atoms with Crippen molar-refractivity contribution >= 4 is 44.6 Å². The molecule has 0 spiro atoms. The number of guanidine groups is 1. The number of piperazine rings is 1. The lowest BCUT2D eigenvalue weighted by Gasteiger charge is -2.38. The molecule has 2 aromatic rings. The average Bonchev–Trinajstić information content (AvgIpc) is 3.25. The Morgan fingerprint density at radius 1 is 1.14 bits per heavy atom. The van der Waals surface area contributed by atoms with Crippen molar-refractivity contribution in [2.75, 3.05) is 51.2 Å². The first-order valence-electron chi connectivity index (χ1n) is 8.99. The Balaban J connectivity index is 1.46. The molecule has 10 heteroatoms. The molecule has 1 saturated heterocycles. The second kappa shape index (κ2) is 9.60. The topological polar surface area (TPSA) is 77.0 Å². The van der Waals surface area contributed by atoms with Crippen molar-refractivity contribution in [2.45, 2.75) is 4.21 Å². The standard InChI is InChI=1S/C18H24ClN5O2S2/c1-20-18(21-8-9-22-28(25,26)17-7-4-14-27-17)24-12-10-23(11-13-24)16-6-3-2-5-15(16)19/h2-7,14,22H,8-13H2,1H3,(H,20,21). The minimum absolute atomic E-state index is 0.291. The van der Waals surface area contributed by atoms with E-state index in [1.807, 2.05) is 24.3 Å². The van der Waals surface area contributed by atoms with Gasteiger partial charge >= 0.3 is 0 Å². The summed E-state index contributed by atoms with van der Waals surface area (Å²) >= 11 is 7.50. The molecule has 0 saturated carbocycles. The second-order valence-electron chi connectivity index (χ2n) is 6.23. The third kappa shape index (κ3) is 5.16. The van der Waals surface area contributed by atoms with Gasteiger partial charge in [-0.1, -0.05) is 29.8 Å². The molecule has 0 atom stereocenters. The highest BCUT2D eigenvalue weighted by Crippen LogP contribution is 2.26. The van der Waals surface area contributed by atoms with Gasteiger partial charge in [-0.05, 0) is 23.6 Å². The first-order chi connectivity index (χ1) is 13.5. The average molecular weight is 442 g/mol. The lowest BCUT2D eigenvalue weighted by Crippen LogP contribution is -2.53. The highest BCUT2D eigenvalue weighted by Gasteiger charge is 2.21. The Morgan fingerprint density at radius 2 is 1.89 bits per heavy atom. The molecule has 1 aliphatic heterocycles. The number of benzene rings is 1. The third-order valence-electron chi connectivity index (χ3n) is 4.44. The Labute approximate surface area is 175 Å². The predicted molar refractivity (Wildman–Crippen MR) is 116 cm³/mol. The number of nitrogens with one attached hydrogen (secondary N) is 2. The van der Waals surface area contributed by atoms with E-state index in [9.17, 15) is 8.42 Å². The zero-order valence-electron chi connectivity index (χ0n) is 15.6. The zero-order chi connectivity index (χ0) is 20.0. The van der Waals surface area contributed by atoms with Gasteiger partial charge in [-0.3, -0.25) is 4.99 Å². The number of rotatable bonds is 6. The summed E-state index contributed by atoms with van der Waals surface area (Å²) in [7, 11) is -1.70. The maximum atomic E-state index is 12.1. The maximum Gasteiger partial charge on any atom is 0.250 e. The number of hydrogen-bond donors (Lipinski definition) is 2. The minimum Gasteiger partial charge on any atom is -0.367 e. The fourth-order valence-corrected chi connectivity index (χ4v) is 5.37. The van der Waals surface area contributed by atoms with Crippen molar-refractivity contribution < 1.29 is 8.42 Å². The molecule has 0 aliphatic carbocycles. The van der Waals surface area contributed by atoms with Gasteiger partial charge in [0, 0.05) is 46.3 Å². The number of sulfonamides is 1. The molecule has 0 bridgehead atoms. The predicted octanol–water partition coefficient (Wildman–Crippen LogP) is 2.08. The summed E-state index contributed by atoms with van der Waals surface area (Å²) in [6.45, 7) is 4.06. The zero-order valence-corrected chi connectivity index (χ0v) is 18.0. The van der Waals surface area contributed by atoms with Crippen LogP contribution in [0.4, 0.5) is 5.69 Å². The van der Waals surface area contributed by atoms with E-state index < -0.39 is 10.0 Å². The molecule has 1 aromatic heterocycles. The molecule has 0 amide bonds. The Kier molecular flexibility index (Phi) is 7.17. The van der Waals surface area contributed by atoms with Crippen molar-refractivity contribution in [1.29, 1.82) is 0 Å². The number of nitrogens with zero attached hydrogens (tertiary/aromatic N) is 3. The maximum absolute atomic E-state index is 12.1. The number of halogens is 1. The van der Waals surface area contributed by atoms with Gasteiger partial charge in [0.25, 0.3) is 0 Å². The summed E-state index contributed by atoms with van der Waals surface area (Å²) in [4.78, 5) is 8.76. The molecular formula is C18H24ClN5O2S2. The van der Waals surface area contributed by atoms with Crippen molar-refractivity contribution in [1.82, 2.24) is 14.9 Å². The van der Waals surface area contributed by atoms with E-state index in [4.69, 9.17) is 11.6 Å². The smallest absolute Gasteiger partial charge is 0.250 e. The number of hydrogen-bond acceptors (Lipinski definition) is 5. The van der Waals surface area contributed by atoms with Crippen molar-refractivity contribution in [2.24, 2.45) is 4.99 Å². The Morgan fingerprint density at radius 3 is 2.54 bits per heavy atom. The van der Waals surface area contributed by atoms with Gasteiger partial charge in [0.1, 0.15) is 4.21 Å². The first-order valence-corrected chi connectivity index (χ1v) is 11.7. The third-order valence-corrected chi connectivity index (χ3v) is 7.62. The van der Waals surface area contributed by atoms with Crippen LogP contribution in [-0.4, -0.2) is 65.6 Å². The molecule has 0 unspecified atom stereocenters. The normalized spacial score (nSPS) is 15.7. The monoisotopic (exact) mass is 441 g/mol. The number of anilines is 1. The van der Waals surface area contributed by atoms with Crippen LogP contribution >= 0.6 is 22.9 Å². The summed E-state index contributed by atoms with van der Waals surface area (Å²) in [5.74, 6) is 0.772. The van der Waals surface area contributed by atoms with E-state index in [0.29, 0.717) is 17.3 Å². The van der Waals surface area contributed by atoms with Gasteiger partial charge in [0.15, 0.2) is 5.96 Å². The van der Waals surface area contributed by atoms with Crippen LogP contribution in [0.25, 0.3) is 0 Å². The molecule has 0 radical (unpaired) electrons. The van der Waals surface area contributed by atoms with Crippen LogP contribution in [0.15, 0.2) is 51.0 Å².